The van der Waals surface area contributed by atoms with E-state index in [0.29, 0.717) is 28.1 Å². The van der Waals surface area contributed by atoms with Crippen LogP contribution in [-0.2, 0) is 23.5 Å². The summed E-state index contributed by atoms with van der Waals surface area (Å²) in [6.07, 6.45) is 0. The number of carbonyl (C=O) groups is 2. The lowest BCUT2D eigenvalue weighted by atomic mass is 9.82. The molecule has 0 saturated carbocycles. The van der Waals surface area contributed by atoms with Crippen LogP contribution >= 0.6 is 0 Å². The Morgan fingerprint density at radius 2 is 1.42 bits per heavy atom. The lowest BCUT2D eigenvalue weighted by molar-refractivity contribution is 0.0980. The Kier molecular flexibility index (Phi) is 5.19. The van der Waals surface area contributed by atoms with Gasteiger partial charge in [0.2, 0.25) is 0 Å². The van der Waals surface area contributed by atoms with E-state index < -0.39 is 10.5 Å². The van der Waals surface area contributed by atoms with Gasteiger partial charge in [0.15, 0.2) is 11.6 Å². The number of anilines is 3. The Hall–Kier alpha value is -3.37. The Morgan fingerprint density at radius 3 is 2.00 bits per heavy atom. The van der Waals surface area contributed by atoms with Crippen LogP contribution in [0.5, 0.6) is 0 Å². The highest BCUT2D eigenvalue weighted by molar-refractivity contribution is 7.93. The molecule has 9 heteroatoms. The van der Waals surface area contributed by atoms with Crippen LogP contribution in [0.1, 0.15) is 37.4 Å². The molecule has 0 aromatic heterocycles. The molecule has 4 rings (SSSR count). The van der Waals surface area contributed by atoms with Gasteiger partial charge in [0.1, 0.15) is 5.69 Å². The molecule has 1 aliphatic rings. The van der Waals surface area contributed by atoms with Crippen molar-refractivity contribution in [1.29, 1.82) is 0 Å². The molecule has 0 fully saturated rings. The normalized spacial score (nSPS) is 14.5. The molecular weight excluding hydrogens is 418 g/mol. The maximum absolute atomic E-state index is 13.3. The zero-order chi connectivity index (χ0) is 22.3. The van der Waals surface area contributed by atoms with Gasteiger partial charge in [-0.3, -0.25) is 9.59 Å². The van der Waals surface area contributed by atoms with Crippen molar-refractivity contribution in [2.45, 2.75) is 11.8 Å². The van der Waals surface area contributed by atoms with Gasteiger partial charge in [0, 0.05) is 29.9 Å². The van der Waals surface area contributed by atoms with Crippen molar-refractivity contribution in [2.75, 3.05) is 17.7 Å². The second-order valence-electron chi connectivity index (χ2n) is 7.04. The lowest BCUT2D eigenvalue weighted by Gasteiger charge is -2.23. The fourth-order valence-corrected chi connectivity index (χ4v) is 4.49. The van der Waals surface area contributed by atoms with E-state index in [1.807, 2.05) is 0 Å². The minimum absolute atomic E-state index is 0.160. The second-order valence-corrected chi connectivity index (χ2v) is 8.58. The van der Waals surface area contributed by atoms with Gasteiger partial charge in [0.25, 0.3) is 4.90 Å². The fourth-order valence-electron chi connectivity index (χ4n) is 3.67. The van der Waals surface area contributed by atoms with E-state index in [4.69, 9.17) is 5.90 Å². The molecule has 1 unspecified atom stereocenters. The summed E-state index contributed by atoms with van der Waals surface area (Å²) in [6, 6.07) is 14.5. The number of carbonyl (C=O) groups excluding carboxylic acids is 2. The number of nitrogens with two attached hydrogens (primary N) is 1. The monoisotopic (exact) mass is 437 g/mol. The minimum atomic E-state index is -4.23. The molecule has 3 aromatic carbocycles. The number of hydrogen-bond acceptors (Lipinski definition) is 7. The van der Waals surface area contributed by atoms with Gasteiger partial charge in [-0.15, -0.1) is 0 Å². The first-order valence-corrected chi connectivity index (χ1v) is 10.7. The summed E-state index contributed by atoms with van der Waals surface area (Å²) < 4.78 is 28.8. The summed E-state index contributed by atoms with van der Waals surface area (Å²) in [7, 11) is -2.57. The smallest absolute Gasteiger partial charge is 0.388 e. The topological polar surface area (TPSA) is 130 Å². The molecule has 8 nitrogen and oxygen atoms in total. The third kappa shape index (κ3) is 3.43. The van der Waals surface area contributed by atoms with Gasteiger partial charge in [0.05, 0.1) is 21.4 Å². The Morgan fingerprint density at radius 1 is 0.871 bits per heavy atom. The van der Waals surface area contributed by atoms with Crippen LogP contribution in [0.4, 0.5) is 17.1 Å². The van der Waals surface area contributed by atoms with Gasteiger partial charge < -0.3 is 10.6 Å². The fraction of sp³-hybridized carbons (Fsp3) is 0.0909. The number of hydrogen-bond donors (Lipinski definition) is 3. The van der Waals surface area contributed by atoms with Crippen LogP contribution in [0.25, 0.3) is 0 Å². The van der Waals surface area contributed by atoms with E-state index in [9.17, 15) is 18.4 Å². The SMILES string of the molecule is CNc1ccc(Nc2ccc(C)cc2[S+]([O])(=O)ON)c2c1C(=O)c1ccccc1C2=O. The second kappa shape index (κ2) is 7.71. The summed E-state index contributed by atoms with van der Waals surface area (Å²) in [5.74, 6) is 4.34. The zero-order valence-electron chi connectivity index (χ0n) is 16.7. The van der Waals surface area contributed by atoms with Crippen LogP contribution < -0.4 is 16.5 Å². The number of nitrogens with one attached hydrogen (secondary N) is 2. The van der Waals surface area contributed by atoms with E-state index in [1.165, 1.54) is 6.07 Å². The summed E-state index contributed by atoms with van der Waals surface area (Å²) in [4.78, 5) is 26.4. The highest BCUT2D eigenvalue weighted by atomic mass is 32.3. The van der Waals surface area contributed by atoms with E-state index in [0.717, 1.165) is 0 Å². The summed E-state index contributed by atoms with van der Waals surface area (Å²) in [5, 5.41) is 5.93. The third-order valence-corrected chi connectivity index (χ3v) is 6.28. The predicted molar refractivity (Wildman–Crippen MR) is 116 cm³/mol. The summed E-state index contributed by atoms with van der Waals surface area (Å²) in [6.45, 7) is 1.72. The first-order chi connectivity index (χ1) is 14.8. The number of aryl methyl sites for hydroxylation is 1. The minimum Gasteiger partial charge on any atom is -0.388 e. The first-order valence-electron chi connectivity index (χ1n) is 9.32. The average Bonchev–Trinajstić information content (AvgIpc) is 2.78. The van der Waals surface area contributed by atoms with Crippen molar-refractivity contribution in [2.24, 2.45) is 5.90 Å². The van der Waals surface area contributed by atoms with Gasteiger partial charge in [-0.1, -0.05) is 30.3 Å². The maximum Gasteiger partial charge on any atom is 0.449 e. The molecule has 0 saturated heterocycles. The van der Waals surface area contributed by atoms with Crippen LogP contribution in [0, 0.1) is 6.92 Å². The molecule has 0 bridgehead atoms. The number of ketones is 2. The van der Waals surface area contributed by atoms with Gasteiger partial charge in [-0.25, -0.2) is 0 Å². The van der Waals surface area contributed by atoms with E-state index in [-0.39, 0.29) is 33.3 Å². The van der Waals surface area contributed by atoms with Crippen LogP contribution in [0.2, 0.25) is 0 Å². The maximum atomic E-state index is 13.3. The molecule has 0 amide bonds. The van der Waals surface area contributed by atoms with Gasteiger partial charge in [-0.05, 0) is 39.2 Å². The Balaban J connectivity index is 1.92. The van der Waals surface area contributed by atoms with Gasteiger partial charge in [-0.2, -0.15) is 5.90 Å². The van der Waals surface area contributed by atoms with Crippen molar-refractivity contribution in [1.82, 2.24) is 0 Å². The van der Waals surface area contributed by atoms with Crippen molar-refractivity contribution < 1.29 is 22.6 Å². The van der Waals surface area contributed by atoms with E-state index >= 15 is 0 Å². The van der Waals surface area contributed by atoms with Gasteiger partial charge >= 0.3 is 10.5 Å². The molecule has 0 aliphatic heterocycles. The molecule has 1 radical (unpaired) electrons. The molecule has 3 aromatic rings. The van der Waals surface area contributed by atoms with Crippen LogP contribution in [-0.4, -0.2) is 18.6 Å². The molecule has 31 heavy (non-hydrogen) atoms. The first kappa shape index (κ1) is 20.9. The Bertz CT molecular complexity index is 1290. The zero-order valence-corrected chi connectivity index (χ0v) is 17.5. The molecule has 4 N–H and O–H groups in total. The molecule has 1 aliphatic carbocycles. The van der Waals surface area contributed by atoms with Crippen molar-refractivity contribution >= 4 is 39.1 Å². The Labute approximate surface area is 179 Å². The highest BCUT2D eigenvalue weighted by Crippen LogP contribution is 2.39. The summed E-state index contributed by atoms with van der Waals surface area (Å²) >= 11 is 0. The van der Waals surface area contributed by atoms with Crippen molar-refractivity contribution in [3.05, 3.63) is 82.4 Å². The average molecular weight is 437 g/mol. The predicted octanol–water partition coefficient (Wildman–Crippen LogP) is 3.56. The van der Waals surface area contributed by atoms with Crippen molar-refractivity contribution in [3.8, 4) is 0 Å². The number of benzene rings is 3. The molecule has 157 valence electrons. The highest BCUT2D eigenvalue weighted by Gasteiger charge is 2.39. The number of rotatable bonds is 5. The van der Waals surface area contributed by atoms with E-state index in [1.54, 1.807) is 62.5 Å². The number of fused-ring (bicyclic) bond motifs is 2. The van der Waals surface area contributed by atoms with Crippen molar-refractivity contribution in [3.63, 3.8) is 0 Å². The molecule has 0 heterocycles. The van der Waals surface area contributed by atoms with E-state index in [2.05, 4.69) is 14.9 Å². The summed E-state index contributed by atoms with van der Waals surface area (Å²) in [5.41, 5.74) is 2.62. The molecule has 1 atom stereocenters. The third-order valence-electron chi connectivity index (χ3n) is 5.15. The standard InChI is InChI=1S/C22H19N3O5S/c1-12-7-8-15(18(11-12)31(28,29)30-23)25-17-10-9-16(24-2)19-20(17)22(27)14-6-4-3-5-13(14)21(19)26/h3-11,24-25H,23H2,1-2H3/q+1. The lowest BCUT2D eigenvalue weighted by Crippen LogP contribution is -2.24. The van der Waals surface area contributed by atoms with Crippen LogP contribution in [0.15, 0.2) is 59.5 Å². The molecular formula is C22H19N3O5S+. The largest absolute Gasteiger partial charge is 0.449 e. The van der Waals surface area contributed by atoms with Crippen LogP contribution in [0.3, 0.4) is 0 Å². The molecule has 0 spiro atoms. The quantitative estimate of drug-likeness (QED) is 0.321.